The van der Waals surface area contributed by atoms with Gasteiger partial charge in [-0.2, -0.15) is 13.2 Å². The van der Waals surface area contributed by atoms with E-state index in [9.17, 15) is 32.7 Å². The third-order valence-electron chi connectivity index (χ3n) is 7.82. The highest BCUT2D eigenvalue weighted by Gasteiger charge is 2.35. The molecule has 11 heteroatoms. The van der Waals surface area contributed by atoms with Crippen molar-refractivity contribution in [3.8, 4) is 11.1 Å². The van der Waals surface area contributed by atoms with E-state index in [1.54, 1.807) is 38.9 Å². The van der Waals surface area contributed by atoms with Crippen molar-refractivity contribution in [2.45, 2.75) is 78.6 Å². The second kappa shape index (κ2) is 14.4. The SMILES string of the molecule is CCCC(C(=O)N[C@@H](CC(=O)O)c1cc(-c2c(C)cc(C)cc2C)cc(C)c1F)n1cc(CCN(C)C)c(C(F)(F)F)cc1=O. The van der Waals surface area contributed by atoms with E-state index < -0.39 is 53.5 Å². The van der Waals surface area contributed by atoms with E-state index in [4.69, 9.17) is 0 Å². The fraction of sp³-hybridized carbons (Fsp3) is 0.441. The third-order valence-corrected chi connectivity index (χ3v) is 7.82. The Bertz CT molecular complexity index is 1610. The zero-order valence-corrected chi connectivity index (χ0v) is 26.7. The number of hydrogen-bond donors (Lipinski definition) is 2. The van der Waals surface area contributed by atoms with Gasteiger partial charge < -0.3 is 19.9 Å². The molecule has 2 atom stereocenters. The first kappa shape index (κ1) is 35.5. The number of carboxylic acids is 1. The minimum Gasteiger partial charge on any atom is -0.481 e. The van der Waals surface area contributed by atoms with Gasteiger partial charge in [0, 0.05) is 24.4 Å². The van der Waals surface area contributed by atoms with Gasteiger partial charge in [0.05, 0.1) is 18.0 Å². The highest BCUT2D eigenvalue weighted by molar-refractivity contribution is 5.82. The van der Waals surface area contributed by atoms with Crippen molar-refractivity contribution < 1.29 is 32.3 Å². The van der Waals surface area contributed by atoms with E-state index in [-0.39, 0.29) is 36.1 Å². The number of amides is 1. The van der Waals surface area contributed by atoms with E-state index in [0.29, 0.717) is 18.1 Å². The molecule has 244 valence electrons. The largest absolute Gasteiger partial charge is 0.481 e. The van der Waals surface area contributed by atoms with Gasteiger partial charge in [-0.15, -0.1) is 0 Å². The fourth-order valence-corrected chi connectivity index (χ4v) is 5.82. The van der Waals surface area contributed by atoms with Crippen molar-refractivity contribution in [2.24, 2.45) is 0 Å². The summed E-state index contributed by atoms with van der Waals surface area (Å²) >= 11 is 0. The van der Waals surface area contributed by atoms with Gasteiger partial charge in [-0.05, 0) is 100 Å². The fourth-order valence-electron chi connectivity index (χ4n) is 5.82. The van der Waals surface area contributed by atoms with Crippen molar-refractivity contribution in [1.82, 2.24) is 14.8 Å². The maximum absolute atomic E-state index is 15.7. The number of likely N-dealkylation sites (N-methyl/N-ethyl adjacent to an activating group) is 1. The van der Waals surface area contributed by atoms with Crippen molar-refractivity contribution in [3.05, 3.63) is 91.6 Å². The summed E-state index contributed by atoms with van der Waals surface area (Å²) in [5.74, 6) is -2.78. The van der Waals surface area contributed by atoms with E-state index in [0.717, 1.165) is 33.0 Å². The van der Waals surface area contributed by atoms with E-state index >= 15 is 4.39 Å². The molecule has 2 N–H and O–H groups in total. The zero-order chi connectivity index (χ0) is 33.8. The Labute approximate surface area is 260 Å². The van der Waals surface area contributed by atoms with Gasteiger partial charge in [-0.3, -0.25) is 14.4 Å². The van der Waals surface area contributed by atoms with Crippen LogP contribution in [0.15, 0.2) is 41.3 Å². The van der Waals surface area contributed by atoms with Crippen LogP contribution in [0.3, 0.4) is 0 Å². The Balaban J connectivity index is 2.12. The second-order valence-electron chi connectivity index (χ2n) is 11.9. The Morgan fingerprint density at radius 1 is 1.00 bits per heavy atom. The van der Waals surface area contributed by atoms with Crippen LogP contribution in [0.4, 0.5) is 17.6 Å². The number of carbonyl (C=O) groups excluding carboxylic acids is 1. The molecule has 1 aromatic heterocycles. The number of aliphatic carboxylic acids is 1. The van der Waals surface area contributed by atoms with Crippen LogP contribution in [0.5, 0.6) is 0 Å². The number of aromatic nitrogens is 1. The highest BCUT2D eigenvalue weighted by Crippen LogP contribution is 2.35. The van der Waals surface area contributed by atoms with Crippen LogP contribution < -0.4 is 10.9 Å². The number of hydrogen-bond acceptors (Lipinski definition) is 4. The molecule has 2 aromatic carbocycles. The molecule has 0 fully saturated rings. The zero-order valence-electron chi connectivity index (χ0n) is 26.7. The van der Waals surface area contributed by atoms with Gasteiger partial charge in [0.15, 0.2) is 0 Å². The smallest absolute Gasteiger partial charge is 0.416 e. The van der Waals surface area contributed by atoms with Gasteiger partial charge in [-0.25, -0.2) is 4.39 Å². The number of pyridine rings is 1. The Morgan fingerprint density at radius 2 is 1.62 bits per heavy atom. The number of benzene rings is 2. The molecule has 0 bridgehead atoms. The average molecular weight is 632 g/mol. The molecule has 3 aromatic rings. The van der Waals surface area contributed by atoms with E-state index in [1.165, 1.54) is 6.07 Å². The summed E-state index contributed by atoms with van der Waals surface area (Å²) in [6, 6.07) is 5.08. The van der Waals surface area contributed by atoms with Crippen LogP contribution in [0.2, 0.25) is 0 Å². The Kier molecular flexibility index (Phi) is 11.4. The van der Waals surface area contributed by atoms with Gasteiger partial charge in [0.1, 0.15) is 11.9 Å². The highest BCUT2D eigenvalue weighted by atomic mass is 19.4. The van der Waals surface area contributed by atoms with Gasteiger partial charge in [0.2, 0.25) is 5.91 Å². The van der Waals surface area contributed by atoms with Gasteiger partial charge in [-0.1, -0.05) is 31.0 Å². The van der Waals surface area contributed by atoms with Gasteiger partial charge in [0.25, 0.3) is 5.56 Å². The molecular weight excluding hydrogens is 590 g/mol. The first-order chi connectivity index (χ1) is 20.9. The maximum Gasteiger partial charge on any atom is 0.416 e. The van der Waals surface area contributed by atoms with Crippen molar-refractivity contribution >= 4 is 11.9 Å². The number of alkyl halides is 3. The number of aryl methyl sites for hydroxylation is 4. The standard InChI is InChI=1S/C34H41F4N3O4/c1-8-9-28(41-18-23(10-11-40(6)7)26(16-29(41)42)34(36,37)38)33(45)39-27(17-30(43)44)25-15-24(14-22(5)32(25)35)31-20(3)12-19(2)13-21(31)4/h12-16,18,27-28H,8-11,17H2,1-7H3,(H,39,45)(H,43,44)/t27-,28?/m0/s1. The molecule has 0 spiro atoms. The van der Waals surface area contributed by atoms with Crippen LogP contribution >= 0.6 is 0 Å². The summed E-state index contributed by atoms with van der Waals surface area (Å²) in [7, 11) is 3.41. The molecule has 45 heavy (non-hydrogen) atoms. The molecule has 0 saturated carbocycles. The predicted octanol–water partition coefficient (Wildman–Crippen LogP) is 6.68. The molecule has 0 aliphatic carbocycles. The Hall–Kier alpha value is -3.99. The summed E-state index contributed by atoms with van der Waals surface area (Å²) in [5.41, 5.74) is 2.42. The maximum atomic E-state index is 15.7. The lowest BCUT2D eigenvalue weighted by atomic mass is 9.89. The number of nitrogens with zero attached hydrogens (tertiary/aromatic N) is 2. The number of rotatable bonds is 12. The number of halogens is 4. The third kappa shape index (κ3) is 8.59. The predicted molar refractivity (Wildman–Crippen MR) is 166 cm³/mol. The summed E-state index contributed by atoms with van der Waals surface area (Å²) < 4.78 is 58.2. The van der Waals surface area contributed by atoms with Crippen LogP contribution in [-0.4, -0.2) is 47.1 Å². The number of nitrogens with one attached hydrogen (secondary N) is 1. The number of carbonyl (C=O) groups is 2. The quantitative estimate of drug-likeness (QED) is 0.218. The molecule has 3 rings (SSSR count). The average Bonchev–Trinajstić information content (AvgIpc) is 2.91. The summed E-state index contributed by atoms with van der Waals surface area (Å²) in [5, 5.41) is 12.4. The molecule has 1 amide bonds. The molecule has 7 nitrogen and oxygen atoms in total. The van der Waals surface area contributed by atoms with Crippen LogP contribution in [0.25, 0.3) is 11.1 Å². The lowest BCUT2D eigenvalue weighted by molar-refractivity contribution is -0.139. The monoisotopic (exact) mass is 631 g/mol. The van der Waals surface area contributed by atoms with Crippen LogP contribution in [-0.2, 0) is 22.2 Å². The van der Waals surface area contributed by atoms with Crippen molar-refractivity contribution in [2.75, 3.05) is 20.6 Å². The normalized spacial score (nSPS) is 13.2. The molecule has 0 radical (unpaired) electrons. The molecule has 0 aliphatic heterocycles. The van der Waals surface area contributed by atoms with Crippen LogP contribution in [0.1, 0.15) is 77.2 Å². The lowest BCUT2D eigenvalue weighted by Crippen LogP contribution is -2.40. The summed E-state index contributed by atoms with van der Waals surface area (Å²) in [4.78, 5) is 40.5. The molecular formula is C34H41F4N3O4. The van der Waals surface area contributed by atoms with Crippen LogP contribution in [0, 0.1) is 33.5 Å². The lowest BCUT2D eigenvalue weighted by Gasteiger charge is -2.26. The van der Waals surface area contributed by atoms with Crippen molar-refractivity contribution in [1.29, 1.82) is 0 Å². The second-order valence-corrected chi connectivity index (χ2v) is 11.9. The molecule has 1 heterocycles. The summed E-state index contributed by atoms with van der Waals surface area (Å²) in [6.45, 7) is 9.38. The topological polar surface area (TPSA) is 91.6 Å². The minimum absolute atomic E-state index is 0.0284. The first-order valence-electron chi connectivity index (χ1n) is 14.8. The molecule has 1 unspecified atom stereocenters. The van der Waals surface area contributed by atoms with E-state index in [1.807, 2.05) is 32.9 Å². The molecule has 0 saturated heterocycles. The summed E-state index contributed by atoms with van der Waals surface area (Å²) in [6.07, 6.45) is -3.94. The first-order valence-corrected chi connectivity index (χ1v) is 14.8. The minimum atomic E-state index is -4.77. The van der Waals surface area contributed by atoms with E-state index in [2.05, 4.69) is 5.32 Å². The Morgan fingerprint density at radius 3 is 2.16 bits per heavy atom. The molecule has 0 aliphatic rings. The van der Waals surface area contributed by atoms with Crippen molar-refractivity contribution in [3.63, 3.8) is 0 Å². The number of carboxylic acid groups (broad SMARTS) is 1. The van der Waals surface area contributed by atoms with Gasteiger partial charge >= 0.3 is 12.1 Å².